The van der Waals surface area contributed by atoms with Crippen LogP contribution in [-0.4, -0.2) is 19.4 Å². The number of sulfonamides is 1. The predicted octanol–water partition coefficient (Wildman–Crippen LogP) is 2.03. The van der Waals surface area contributed by atoms with E-state index >= 15 is 0 Å². The minimum absolute atomic E-state index is 0.0569. The summed E-state index contributed by atoms with van der Waals surface area (Å²) in [6.07, 6.45) is 4.01. The van der Waals surface area contributed by atoms with E-state index < -0.39 is 10.0 Å². The first-order valence-electron chi connectivity index (χ1n) is 6.78. The Morgan fingerprint density at radius 2 is 2.29 bits per heavy atom. The van der Waals surface area contributed by atoms with Crippen molar-refractivity contribution >= 4 is 21.4 Å². The summed E-state index contributed by atoms with van der Waals surface area (Å²) in [5.41, 5.74) is 0. The van der Waals surface area contributed by atoms with Crippen molar-refractivity contribution in [1.29, 1.82) is 0 Å². The first kappa shape index (κ1) is 14.7. The van der Waals surface area contributed by atoms with Crippen LogP contribution < -0.4 is 10.0 Å². The van der Waals surface area contributed by atoms with E-state index in [9.17, 15) is 8.42 Å². The van der Waals surface area contributed by atoms with Gasteiger partial charge in [-0.25, -0.2) is 13.4 Å². The number of rotatable bonds is 7. The summed E-state index contributed by atoms with van der Waals surface area (Å²) >= 11 is 1.41. The van der Waals surface area contributed by atoms with E-state index in [0.717, 1.165) is 5.01 Å². The second kappa shape index (κ2) is 5.88. The summed E-state index contributed by atoms with van der Waals surface area (Å²) in [7, 11) is -3.67. The first-order chi connectivity index (χ1) is 10.0. The molecule has 0 aliphatic heterocycles. The van der Waals surface area contributed by atoms with Crippen molar-refractivity contribution in [1.82, 2.24) is 15.0 Å². The highest BCUT2D eigenvalue weighted by atomic mass is 32.2. The predicted molar refractivity (Wildman–Crippen MR) is 79.4 cm³/mol. The number of thiazole rings is 1. The van der Waals surface area contributed by atoms with E-state index in [1.165, 1.54) is 30.2 Å². The molecule has 1 aliphatic carbocycles. The van der Waals surface area contributed by atoms with Crippen LogP contribution in [0.4, 0.5) is 0 Å². The smallest absolute Gasteiger partial charge is 0.274 e. The molecule has 1 aliphatic rings. The molecule has 0 spiro atoms. The molecule has 0 bridgehead atoms. The second-order valence-electron chi connectivity index (χ2n) is 5.09. The molecule has 0 aromatic carbocycles. The van der Waals surface area contributed by atoms with Crippen molar-refractivity contribution in [3.05, 3.63) is 34.5 Å². The second-order valence-corrected chi connectivity index (χ2v) is 7.66. The Bertz CT molecular complexity index is 690. The Balaban J connectivity index is 1.66. The first-order valence-corrected chi connectivity index (χ1v) is 9.15. The number of nitrogens with zero attached hydrogens (tertiary/aromatic N) is 1. The largest absolute Gasteiger partial charge is 0.447 e. The summed E-state index contributed by atoms with van der Waals surface area (Å²) < 4.78 is 32.5. The molecule has 8 heteroatoms. The van der Waals surface area contributed by atoms with E-state index in [1.807, 2.05) is 5.38 Å². The van der Waals surface area contributed by atoms with Gasteiger partial charge in [-0.15, -0.1) is 11.3 Å². The van der Waals surface area contributed by atoms with Crippen LogP contribution in [0.3, 0.4) is 0 Å². The molecule has 2 heterocycles. The quantitative estimate of drug-likeness (QED) is 0.813. The van der Waals surface area contributed by atoms with Gasteiger partial charge in [0.05, 0.1) is 12.6 Å². The molecule has 1 unspecified atom stereocenters. The molecule has 2 aromatic heterocycles. The number of hydrogen-bond acceptors (Lipinski definition) is 6. The Morgan fingerprint density at radius 1 is 1.48 bits per heavy atom. The third-order valence-electron chi connectivity index (χ3n) is 3.20. The SMILES string of the molecule is CC(NS(=O)(=O)c1ccc(CNC2CC2)o1)c1nccs1. The average molecular weight is 327 g/mol. The van der Waals surface area contributed by atoms with E-state index in [4.69, 9.17) is 4.42 Å². The number of hydrogen-bond donors (Lipinski definition) is 2. The van der Waals surface area contributed by atoms with Gasteiger partial charge in [0.15, 0.2) is 0 Å². The molecule has 21 heavy (non-hydrogen) atoms. The van der Waals surface area contributed by atoms with Gasteiger partial charge in [0.1, 0.15) is 10.8 Å². The average Bonchev–Trinajstić information content (AvgIpc) is 2.96. The highest BCUT2D eigenvalue weighted by Gasteiger charge is 2.24. The summed E-state index contributed by atoms with van der Waals surface area (Å²) in [5.74, 6) is 0.629. The van der Waals surface area contributed by atoms with Gasteiger partial charge in [-0.1, -0.05) is 0 Å². The van der Waals surface area contributed by atoms with E-state index in [2.05, 4.69) is 15.0 Å². The fourth-order valence-electron chi connectivity index (χ4n) is 1.92. The zero-order valence-electron chi connectivity index (χ0n) is 11.6. The molecule has 6 nitrogen and oxygen atoms in total. The van der Waals surface area contributed by atoms with Crippen LogP contribution in [0.1, 0.15) is 36.6 Å². The molecule has 0 saturated heterocycles. The normalized spacial score (nSPS) is 17.0. The molecule has 1 atom stereocenters. The number of furan rings is 1. The van der Waals surface area contributed by atoms with Gasteiger partial charge in [0.2, 0.25) is 5.09 Å². The minimum Gasteiger partial charge on any atom is -0.447 e. The summed E-state index contributed by atoms with van der Waals surface area (Å²) in [6.45, 7) is 2.32. The van der Waals surface area contributed by atoms with Gasteiger partial charge < -0.3 is 9.73 Å². The summed E-state index contributed by atoms with van der Waals surface area (Å²) in [6, 6.07) is 3.35. The van der Waals surface area contributed by atoms with Gasteiger partial charge in [0.25, 0.3) is 10.0 Å². The maximum Gasteiger partial charge on any atom is 0.274 e. The lowest BCUT2D eigenvalue weighted by atomic mass is 10.4. The van der Waals surface area contributed by atoms with Gasteiger partial charge in [-0.3, -0.25) is 0 Å². The molecule has 2 aromatic rings. The van der Waals surface area contributed by atoms with Gasteiger partial charge >= 0.3 is 0 Å². The van der Waals surface area contributed by atoms with Crippen LogP contribution in [0.5, 0.6) is 0 Å². The van der Waals surface area contributed by atoms with E-state index in [-0.39, 0.29) is 11.1 Å². The van der Waals surface area contributed by atoms with Crippen LogP contribution in [0.25, 0.3) is 0 Å². The van der Waals surface area contributed by atoms with Crippen molar-refractivity contribution in [3.8, 4) is 0 Å². The van der Waals surface area contributed by atoms with Crippen LogP contribution in [-0.2, 0) is 16.6 Å². The highest BCUT2D eigenvalue weighted by Crippen LogP contribution is 2.22. The number of nitrogens with one attached hydrogen (secondary N) is 2. The van der Waals surface area contributed by atoms with Gasteiger partial charge in [0, 0.05) is 17.6 Å². The minimum atomic E-state index is -3.67. The van der Waals surface area contributed by atoms with E-state index in [1.54, 1.807) is 19.2 Å². The lowest BCUT2D eigenvalue weighted by molar-refractivity contribution is 0.398. The number of aromatic nitrogens is 1. The lowest BCUT2D eigenvalue weighted by Crippen LogP contribution is -2.26. The third-order valence-corrected chi connectivity index (χ3v) is 5.57. The van der Waals surface area contributed by atoms with Gasteiger partial charge in [-0.2, -0.15) is 4.72 Å². The monoisotopic (exact) mass is 327 g/mol. The Kier molecular flexibility index (Phi) is 4.12. The summed E-state index contributed by atoms with van der Waals surface area (Å²) in [4.78, 5) is 4.11. The molecule has 2 N–H and O–H groups in total. The van der Waals surface area contributed by atoms with Crippen LogP contribution in [0.2, 0.25) is 0 Å². The van der Waals surface area contributed by atoms with Crippen molar-refractivity contribution in [2.75, 3.05) is 0 Å². The molecular weight excluding hydrogens is 310 g/mol. The van der Waals surface area contributed by atoms with Crippen LogP contribution in [0, 0.1) is 0 Å². The molecule has 114 valence electrons. The van der Waals surface area contributed by atoms with Crippen molar-refractivity contribution in [2.45, 2.75) is 43.5 Å². The fraction of sp³-hybridized carbons (Fsp3) is 0.462. The lowest BCUT2D eigenvalue weighted by Gasteiger charge is -2.10. The Hall–Kier alpha value is -1.22. The fourth-order valence-corrected chi connectivity index (χ4v) is 3.80. The zero-order chi connectivity index (χ0) is 14.9. The van der Waals surface area contributed by atoms with Crippen LogP contribution in [0.15, 0.2) is 33.2 Å². The third kappa shape index (κ3) is 3.70. The Morgan fingerprint density at radius 3 is 2.95 bits per heavy atom. The van der Waals surface area contributed by atoms with Gasteiger partial charge in [-0.05, 0) is 31.9 Å². The highest BCUT2D eigenvalue weighted by molar-refractivity contribution is 7.89. The maximum atomic E-state index is 12.3. The van der Waals surface area contributed by atoms with E-state index in [0.29, 0.717) is 18.3 Å². The standard InChI is InChI=1S/C13H17N3O3S2/c1-9(13-14-6-7-20-13)16-21(17,18)12-5-4-11(19-12)8-15-10-2-3-10/h4-7,9-10,15-16H,2-3,8H2,1H3. The summed E-state index contributed by atoms with van der Waals surface area (Å²) in [5, 5.41) is 5.76. The zero-order valence-corrected chi connectivity index (χ0v) is 13.2. The molecule has 3 rings (SSSR count). The molecular formula is C13H17N3O3S2. The topological polar surface area (TPSA) is 84.2 Å². The molecule has 0 radical (unpaired) electrons. The maximum absolute atomic E-state index is 12.3. The molecule has 1 saturated carbocycles. The molecule has 0 amide bonds. The van der Waals surface area contributed by atoms with Crippen LogP contribution >= 0.6 is 11.3 Å². The Labute approximate surface area is 127 Å². The van der Waals surface area contributed by atoms with Crippen molar-refractivity contribution < 1.29 is 12.8 Å². The van der Waals surface area contributed by atoms with Crippen molar-refractivity contribution in [3.63, 3.8) is 0 Å². The molecule has 1 fully saturated rings. The van der Waals surface area contributed by atoms with Crippen molar-refractivity contribution in [2.24, 2.45) is 0 Å².